The van der Waals surface area contributed by atoms with Crippen molar-refractivity contribution in [3.05, 3.63) is 29.7 Å². The van der Waals surface area contributed by atoms with Crippen LogP contribution in [0.4, 0.5) is 13.8 Å². The van der Waals surface area contributed by atoms with Crippen molar-refractivity contribution in [1.29, 1.82) is 0 Å². The standard InChI is InChI=1S/C15H10ClF2N3OS/c1-2-6-21(13(22)10-7-15(10,17)18)14-11(16)20-12(23-14)9-4-3-5-19-8-9/h1,3-5,8,10H,6-7H2. The highest BCUT2D eigenvalue weighted by atomic mass is 35.5. The highest BCUT2D eigenvalue weighted by Crippen LogP contribution is 2.50. The third-order valence-corrected chi connectivity index (χ3v) is 4.87. The van der Waals surface area contributed by atoms with E-state index in [1.54, 1.807) is 24.5 Å². The lowest BCUT2D eigenvalue weighted by Gasteiger charge is -2.18. The van der Waals surface area contributed by atoms with Gasteiger partial charge in [-0.15, -0.1) is 6.42 Å². The molecule has 8 heteroatoms. The molecule has 3 rings (SSSR count). The molecule has 4 nitrogen and oxygen atoms in total. The zero-order valence-corrected chi connectivity index (χ0v) is 13.2. The Morgan fingerprint density at radius 1 is 1.61 bits per heavy atom. The van der Waals surface area contributed by atoms with Gasteiger partial charge in [0.25, 0.3) is 5.92 Å². The third kappa shape index (κ3) is 3.05. The topological polar surface area (TPSA) is 46.1 Å². The summed E-state index contributed by atoms with van der Waals surface area (Å²) in [5.74, 6) is -2.73. The minimum absolute atomic E-state index is 0.0569. The maximum Gasteiger partial charge on any atom is 0.260 e. The Bertz CT molecular complexity index is 788. The number of rotatable bonds is 4. The van der Waals surface area contributed by atoms with Crippen molar-refractivity contribution >= 4 is 33.8 Å². The molecule has 0 spiro atoms. The number of pyridine rings is 1. The summed E-state index contributed by atoms with van der Waals surface area (Å²) < 4.78 is 26.4. The molecule has 0 radical (unpaired) electrons. The highest BCUT2D eigenvalue weighted by molar-refractivity contribution is 7.19. The van der Waals surface area contributed by atoms with Crippen LogP contribution in [0.5, 0.6) is 0 Å². The van der Waals surface area contributed by atoms with Crippen molar-refractivity contribution in [2.75, 3.05) is 11.4 Å². The van der Waals surface area contributed by atoms with Crippen LogP contribution in [0, 0.1) is 18.3 Å². The Morgan fingerprint density at radius 2 is 2.35 bits per heavy atom. The van der Waals surface area contributed by atoms with Gasteiger partial charge in [0.1, 0.15) is 15.9 Å². The number of hydrogen-bond acceptors (Lipinski definition) is 4. The first kappa shape index (κ1) is 15.8. The summed E-state index contributed by atoms with van der Waals surface area (Å²) in [5.41, 5.74) is 0.718. The Balaban J connectivity index is 1.93. The summed E-state index contributed by atoms with van der Waals surface area (Å²) in [6.07, 6.45) is 8.01. The predicted molar refractivity (Wildman–Crippen MR) is 84.6 cm³/mol. The first-order valence-corrected chi connectivity index (χ1v) is 7.83. The number of halogens is 3. The van der Waals surface area contributed by atoms with E-state index >= 15 is 0 Å². The van der Waals surface area contributed by atoms with Gasteiger partial charge in [0.2, 0.25) is 5.91 Å². The maximum absolute atomic E-state index is 13.2. The van der Waals surface area contributed by atoms with Gasteiger partial charge < -0.3 is 0 Å². The van der Waals surface area contributed by atoms with Gasteiger partial charge in [-0.05, 0) is 12.1 Å². The molecular weight excluding hydrogens is 344 g/mol. The Hall–Kier alpha value is -2.04. The molecular formula is C15H10ClF2N3OS. The number of carbonyl (C=O) groups is 1. The minimum atomic E-state index is -2.97. The van der Waals surface area contributed by atoms with Crippen LogP contribution in [0.25, 0.3) is 10.6 Å². The van der Waals surface area contributed by atoms with E-state index in [1.807, 2.05) is 0 Å². The second kappa shape index (κ2) is 5.87. The number of terminal acetylenes is 1. The van der Waals surface area contributed by atoms with Crippen molar-refractivity contribution in [3.8, 4) is 22.9 Å². The van der Waals surface area contributed by atoms with Gasteiger partial charge >= 0.3 is 0 Å². The normalized spacial score (nSPS) is 18.3. The SMILES string of the molecule is C#CCN(C(=O)C1CC1(F)F)c1sc(-c2cccnc2)nc1Cl. The predicted octanol–water partition coefficient (Wildman–Crippen LogP) is 3.48. The van der Waals surface area contributed by atoms with Crippen molar-refractivity contribution in [2.45, 2.75) is 12.3 Å². The van der Waals surface area contributed by atoms with Gasteiger partial charge in [-0.25, -0.2) is 13.8 Å². The summed E-state index contributed by atoms with van der Waals surface area (Å²) >= 11 is 7.21. The monoisotopic (exact) mass is 353 g/mol. The molecule has 0 N–H and O–H groups in total. The number of anilines is 1. The number of thiazole rings is 1. The summed E-state index contributed by atoms with van der Waals surface area (Å²) in [7, 11) is 0. The maximum atomic E-state index is 13.2. The summed E-state index contributed by atoms with van der Waals surface area (Å²) in [6, 6.07) is 3.52. The minimum Gasteiger partial charge on any atom is -0.289 e. The number of hydrogen-bond donors (Lipinski definition) is 0. The second-order valence-corrected chi connectivity index (χ2v) is 6.34. The molecule has 1 amide bonds. The molecule has 1 aliphatic carbocycles. The zero-order chi connectivity index (χ0) is 16.6. The molecule has 1 fully saturated rings. The van der Waals surface area contributed by atoms with Crippen LogP contribution in [0.15, 0.2) is 24.5 Å². The van der Waals surface area contributed by atoms with Crippen LogP contribution >= 0.6 is 22.9 Å². The van der Waals surface area contributed by atoms with E-state index in [0.717, 1.165) is 21.8 Å². The number of amides is 1. The van der Waals surface area contributed by atoms with E-state index in [4.69, 9.17) is 18.0 Å². The van der Waals surface area contributed by atoms with Gasteiger partial charge in [0.15, 0.2) is 5.15 Å². The van der Waals surface area contributed by atoms with Crippen LogP contribution in [-0.2, 0) is 4.79 Å². The summed E-state index contributed by atoms with van der Waals surface area (Å²) in [5, 5.41) is 0.869. The fourth-order valence-corrected chi connectivity index (χ4v) is 3.39. The summed E-state index contributed by atoms with van der Waals surface area (Å²) in [4.78, 5) is 21.5. The van der Waals surface area contributed by atoms with E-state index < -0.39 is 24.2 Å². The van der Waals surface area contributed by atoms with Crippen molar-refractivity contribution in [3.63, 3.8) is 0 Å². The first-order chi connectivity index (χ1) is 10.9. The fraction of sp³-hybridized carbons (Fsp3) is 0.267. The van der Waals surface area contributed by atoms with E-state index in [1.165, 1.54) is 0 Å². The van der Waals surface area contributed by atoms with Crippen LogP contribution in [-0.4, -0.2) is 28.3 Å². The smallest absolute Gasteiger partial charge is 0.260 e. The fourth-order valence-electron chi connectivity index (χ4n) is 2.08. The number of nitrogens with zero attached hydrogens (tertiary/aromatic N) is 3. The highest BCUT2D eigenvalue weighted by Gasteiger charge is 2.62. The molecule has 2 heterocycles. The Kier molecular flexibility index (Phi) is 4.04. The lowest BCUT2D eigenvalue weighted by atomic mass is 10.3. The van der Waals surface area contributed by atoms with E-state index in [0.29, 0.717) is 5.01 Å². The van der Waals surface area contributed by atoms with E-state index in [2.05, 4.69) is 15.9 Å². The lowest BCUT2D eigenvalue weighted by Crippen LogP contribution is -2.33. The average Bonchev–Trinajstić information content (AvgIpc) is 3.00. The molecule has 1 unspecified atom stereocenters. The van der Waals surface area contributed by atoms with Gasteiger partial charge in [-0.3, -0.25) is 14.7 Å². The van der Waals surface area contributed by atoms with E-state index in [9.17, 15) is 13.6 Å². The molecule has 1 atom stereocenters. The molecule has 0 saturated heterocycles. The van der Waals surface area contributed by atoms with Crippen molar-refractivity contribution in [1.82, 2.24) is 9.97 Å². The summed E-state index contributed by atoms with van der Waals surface area (Å²) in [6.45, 7) is -0.139. The van der Waals surface area contributed by atoms with Gasteiger partial charge in [0.05, 0.1) is 6.54 Å². The molecule has 0 bridgehead atoms. The third-order valence-electron chi connectivity index (χ3n) is 3.36. The van der Waals surface area contributed by atoms with Gasteiger partial charge in [-0.2, -0.15) is 0 Å². The van der Waals surface area contributed by atoms with Crippen LogP contribution in [0.2, 0.25) is 5.15 Å². The van der Waals surface area contributed by atoms with Crippen LogP contribution in [0.3, 0.4) is 0 Å². The Labute approximate surface area is 140 Å². The van der Waals surface area contributed by atoms with Crippen molar-refractivity contribution < 1.29 is 13.6 Å². The molecule has 1 saturated carbocycles. The van der Waals surface area contributed by atoms with Crippen molar-refractivity contribution in [2.24, 2.45) is 5.92 Å². The molecule has 2 aromatic rings. The molecule has 1 aliphatic rings. The number of alkyl halides is 2. The average molecular weight is 354 g/mol. The number of carbonyl (C=O) groups excluding carboxylic acids is 1. The molecule has 0 aliphatic heterocycles. The number of aromatic nitrogens is 2. The zero-order valence-electron chi connectivity index (χ0n) is 11.7. The van der Waals surface area contributed by atoms with Crippen LogP contribution < -0.4 is 4.90 Å². The largest absolute Gasteiger partial charge is 0.289 e. The molecule has 23 heavy (non-hydrogen) atoms. The van der Waals surface area contributed by atoms with Crippen LogP contribution in [0.1, 0.15) is 6.42 Å². The first-order valence-electron chi connectivity index (χ1n) is 6.63. The second-order valence-electron chi connectivity index (χ2n) is 5.00. The van der Waals surface area contributed by atoms with Gasteiger partial charge in [-0.1, -0.05) is 28.9 Å². The quantitative estimate of drug-likeness (QED) is 0.790. The Morgan fingerprint density at radius 3 is 2.91 bits per heavy atom. The lowest BCUT2D eigenvalue weighted by molar-refractivity contribution is -0.121. The molecule has 118 valence electrons. The van der Waals surface area contributed by atoms with Gasteiger partial charge in [0, 0.05) is 24.4 Å². The molecule has 0 aromatic carbocycles. The van der Waals surface area contributed by atoms with E-state index in [-0.39, 0.29) is 16.7 Å². The molecule has 2 aromatic heterocycles.